The van der Waals surface area contributed by atoms with Gasteiger partial charge in [0.25, 0.3) is 0 Å². The second-order valence-electron chi connectivity index (χ2n) is 19.0. The molecule has 0 aliphatic heterocycles. The first-order valence-electron chi connectivity index (χ1n) is 23.6. The Morgan fingerprint density at radius 3 is 1.55 bits per heavy atom. The molecule has 0 N–H and O–H groups in total. The molecule has 67 heavy (non-hydrogen) atoms. The Hall–Kier alpha value is -8.46. The van der Waals surface area contributed by atoms with E-state index in [1.807, 2.05) is 0 Å². The average molecular weight is 851 g/mol. The molecule has 11 aromatic carbocycles. The molecule has 0 saturated carbocycles. The standard InChI is InChI=1S/C65H42N2/c1-38(2)39-22-24-41(25-23-39)47-34-53-51-18-8-9-20-57(51)66-60-31-29-43-26-27-46(33-52(43)63(60)56(35-47)64(53)66)50-19-11-21-58-62(50)55-37-48(45-16-10-15-44(32-45)40-12-4-3-5-13-40)36-54-61-49-17-7-6-14-42(49)28-30-59(61)67(58)65(54)55/h3-38H,1-2H3. The van der Waals surface area contributed by atoms with Crippen molar-refractivity contribution in [2.24, 2.45) is 0 Å². The summed E-state index contributed by atoms with van der Waals surface area (Å²) in [6, 6.07) is 80.0. The molecule has 2 heteroatoms. The zero-order chi connectivity index (χ0) is 44.1. The van der Waals surface area contributed by atoms with Gasteiger partial charge in [0.2, 0.25) is 0 Å². The fourth-order valence-corrected chi connectivity index (χ4v) is 12.0. The number of hydrogen-bond donors (Lipinski definition) is 0. The van der Waals surface area contributed by atoms with Crippen LogP contribution in [0.15, 0.2) is 212 Å². The topological polar surface area (TPSA) is 8.82 Å². The molecule has 0 saturated heterocycles. The van der Waals surface area contributed by atoms with Crippen LogP contribution in [0.5, 0.6) is 0 Å². The van der Waals surface area contributed by atoms with Crippen molar-refractivity contribution in [2.75, 3.05) is 0 Å². The van der Waals surface area contributed by atoms with Crippen LogP contribution in [0.25, 0.3) is 142 Å². The maximum Gasteiger partial charge on any atom is 0.0621 e. The Bertz CT molecular complexity index is 4510. The molecule has 0 fully saturated rings. The van der Waals surface area contributed by atoms with Crippen LogP contribution in [0.1, 0.15) is 25.3 Å². The minimum absolute atomic E-state index is 0.488. The van der Waals surface area contributed by atoms with E-state index < -0.39 is 0 Å². The lowest BCUT2D eigenvalue weighted by atomic mass is 9.92. The molecular formula is C65H42N2. The van der Waals surface area contributed by atoms with Gasteiger partial charge in [-0.3, -0.25) is 0 Å². The van der Waals surface area contributed by atoms with Crippen molar-refractivity contribution in [3.63, 3.8) is 0 Å². The quantitative estimate of drug-likeness (QED) is 0.163. The summed E-state index contributed by atoms with van der Waals surface area (Å²) >= 11 is 0. The summed E-state index contributed by atoms with van der Waals surface area (Å²) in [6.07, 6.45) is 0. The van der Waals surface area contributed by atoms with Gasteiger partial charge in [0.1, 0.15) is 0 Å². The first-order chi connectivity index (χ1) is 33.1. The fraction of sp³-hybridized carbons (Fsp3) is 0.0462. The smallest absolute Gasteiger partial charge is 0.0621 e. The predicted octanol–water partition coefficient (Wildman–Crippen LogP) is 18.1. The van der Waals surface area contributed by atoms with Crippen LogP contribution in [-0.4, -0.2) is 8.80 Å². The monoisotopic (exact) mass is 850 g/mol. The highest BCUT2D eigenvalue weighted by Gasteiger charge is 2.24. The molecule has 0 atom stereocenters. The van der Waals surface area contributed by atoms with Crippen molar-refractivity contribution in [3.05, 3.63) is 218 Å². The van der Waals surface area contributed by atoms with Gasteiger partial charge < -0.3 is 8.80 Å². The first-order valence-corrected chi connectivity index (χ1v) is 23.6. The second-order valence-corrected chi connectivity index (χ2v) is 19.0. The summed E-state index contributed by atoms with van der Waals surface area (Å²) in [5, 5.41) is 15.5. The molecule has 0 radical (unpaired) electrons. The zero-order valence-electron chi connectivity index (χ0n) is 37.2. The van der Waals surface area contributed by atoms with Crippen molar-refractivity contribution in [3.8, 4) is 44.5 Å². The summed E-state index contributed by atoms with van der Waals surface area (Å²) in [5.41, 5.74) is 18.8. The summed E-state index contributed by atoms with van der Waals surface area (Å²) in [4.78, 5) is 0. The maximum atomic E-state index is 2.54. The van der Waals surface area contributed by atoms with Gasteiger partial charge in [-0.2, -0.15) is 0 Å². The summed E-state index contributed by atoms with van der Waals surface area (Å²) < 4.78 is 5.06. The first kappa shape index (κ1) is 36.8. The van der Waals surface area contributed by atoms with Crippen molar-refractivity contribution in [1.82, 2.24) is 8.80 Å². The van der Waals surface area contributed by atoms with Crippen LogP contribution in [0.2, 0.25) is 0 Å². The Balaban J connectivity index is 1.02. The maximum absolute atomic E-state index is 2.54. The number of nitrogens with zero attached hydrogens (tertiary/aromatic N) is 2. The predicted molar refractivity (Wildman–Crippen MR) is 287 cm³/mol. The molecule has 0 bridgehead atoms. The van der Waals surface area contributed by atoms with E-state index in [4.69, 9.17) is 0 Å². The SMILES string of the molecule is CC(C)c1ccc(-c2cc3c4ccccc4n4c5ccc6ccc(-c7cccc8c7c7cc(-c9cccc(-c%10ccccc%10)c9)cc9c%10c%11ccccc%11ccc%10n8c79)cc6c5c(c2)c34)cc1. The third kappa shape index (κ3) is 5.10. The van der Waals surface area contributed by atoms with Gasteiger partial charge in [-0.25, -0.2) is 0 Å². The van der Waals surface area contributed by atoms with Gasteiger partial charge >= 0.3 is 0 Å². The Morgan fingerprint density at radius 1 is 0.284 bits per heavy atom. The van der Waals surface area contributed by atoms with Gasteiger partial charge in [0.15, 0.2) is 0 Å². The molecule has 4 aromatic heterocycles. The Labute approximate surface area is 386 Å². The minimum atomic E-state index is 0.488. The average Bonchev–Trinajstić information content (AvgIpc) is 4.12. The van der Waals surface area contributed by atoms with E-state index in [0.717, 1.165) is 0 Å². The normalized spacial score (nSPS) is 12.5. The number of para-hydroxylation sites is 1. The second kappa shape index (κ2) is 13.5. The van der Waals surface area contributed by atoms with Crippen LogP contribution >= 0.6 is 0 Å². The molecule has 15 rings (SSSR count). The van der Waals surface area contributed by atoms with Gasteiger partial charge in [-0.1, -0.05) is 166 Å². The van der Waals surface area contributed by atoms with Gasteiger partial charge in [0.05, 0.1) is 33.1 Å². The summed E-state index contributed by atoms with van der Waals surface area (Å²) in [7, 11) is 0. The van der Waals surface area contributed by atoms with Crippen LogP contribution in [-0.2, 0) is 0 Å². The van der Waals surface area contributed by atoms with E-state index in [1.165, 1.54) is 148 Å². The minimum Gasteiger partial charge on any atom is -0.308 e. The number of aromatic nitrogens is 2. The molecule has 0 aliphatic rings. The molecule has 4 heterocycles. The molecule has 0 spiro atoms. The van der Waals surface area contributed by atoms with Crippen molar-refractivity contribution in [1.29, 1.82) is 0 Å². The van der Waals surface area contributed by atoms with Gasteiger partial charge in [-0.05, 0) is 138 Å². The van der Waals surface area contributed by atoms with E-state index in [2.05, 4.69) is 235 Å². The molecular weight excluding hydrogens is 809 g/mol. The van der Waals surface area contributed by atoms with E-state index in [0.29, 0.717) is 5.92 Å². The van der Waals surface area contributed by atoms with E-state index in [1.54, 1.807) is 0 Å². The lowest BCUT2D eigenvalue weighted by Crippen LogP contribution is -1.87. The molecule has 0 aliphatic carbocycles. The van der Waals surface area contributed by atoms with Crippen LogP contribution in [0, 0.1) is 0 Å². The zero-order valence-corrected chi connectivity index (χ0v) is 37.2. The molecule has 2 nitrogen and oxygen atoms in total. The number of fused-ring (bicyclic) bond motifs is 16. The largest absolute Gasteiger partial charge is 0.308 e. The van der Waals surface area contributed by atoms with Crippen LogP contribution in [0.4, 0.5) is 0 Å². The van der Waals surface area contributed by atoms with Crippen molar-refractivity contribution in [2.45, 2.75) is 19.8 Å². The lowest BCUT2D eigenvalue weighted by molar-refractivity contribution is 0.867. The van der Waals surface area contributed by atoms with Crippen LogP contribution in [0.3, 0.4) is 0 Å². The third-order valence-corrected chi connectivity index (χ3v) is 15.1. The van der Waals surface area contributed by atoms with E-state index >= 15 is 0 Å². The number of hydrogen-bond acceptors (Lipinski definition) is 0. The van der Waals surface area contributed by atoms with E-state index in [-0.39, 0.29) is 0 Å². The van der Waals surface area contributed by atoms with Crippen molar-refractivity contribution >= 4 is 97.7 Å². The van der Waals surface area contributed by atoms with Crippen molar-refractivity contribution < 1.29 is 0 Å². The highest BCUT2D eigenvalue weighted by Crippen LogP contribution is 2.48. The third-order valence-electron chi connectivity index (χ3n) is 15.1. The number of rotatable bonds is 5. The van der Waals surface area contributed by atoms with E-state index in [9.17, 15) is 0 Å². The lowest BCUT2D eigenvalue weighted by Gasteiger charge is -2.11. The molecule has 312 valence electrons. The summed E-state index contributed by atoms with van der Waals surface area (Å²) in [5.74, 6) is 0.488. The van der Waals surface area contributed by atoms with Gasteiger partial charge in [0, 0.05) is 43.1 Å². The highest BCUT2D eigenvalue weighted by atomic mass is 14.9. The Kier molecular flexibility index (Phi) is 7.45. The fourth-order valence-electron chi connectivity index (χ4n) is 12.0. The molecule has 0 amide bonds. The summed E-state index contributed by atoms with van der Waals surface area (Å²) in [6.45, 7) is 4.53. The molecule has 15 aromatic rings. The Morgan fingerprint density at radius 2 is 0.776 bits per heavy atom. The molecule has 0 unspecified atom stereocenters. The highest BCUT2D eigenvalue weighted by molar-refractivity contribution is 6.32. The van der Waals surface area contributed by atoms with Crippen LogP contribution < -0.4 is 0 Å². The number of benzene rings is 11. The van der Waals surface area contributed by atoms with Gasteiger partial charge in [-0.15, -0.1) is 0 Å².